The van der Waals surface area contributed by atoms with Crippen LogP contribution in [0.2, 0.25) is 0 Å². The lowest BCUT2D eigenvalue weighted by Crippen LogP contribution is -2.46. The van der Waals surface area contributed by atoms with Crippen LogP contribution in [0.4, 0.5) is 0 Å². The summed E-state index contributed by atoms with van der Waals surface area (Å²) in [6.07, 6.45) is -0.135. The predicted molar refractivity (Wildman–Crippen MR) is 81.1 cm³/mol. The predicted octanol–water partition coefficient (Wildman–Crippen LogP) is 1.83. The molecular formula is C15H24N2O4. The fraction of sp³-hybridized carbons (Fsp3) is 0.533. The highest BCUT2D eigenvalue weighted by atomic mass is 16.5. The number of phenols is 1. The minimum Gasteiger partial charge on any atom is -0.504 e. The fourth-order valence-electron chi connectivity index (χ4n) is 2.16. The molecule has 0 aliphatic heterocycles. The molecule has 1 rings (SSSR count). The van der Waals surface area contributed by atoms with Gasteiger partial charge in [0.25, 0.3) is 5.91 Å². The van der Waals surface area contributed by atoms with E-state index >= 15 is 0 Å². The number of carbonyl (C=O) groups excluding carboxylic acids is 1. The van der Waals surface area contributed by atoms with E-state index in [-0.39, 0.29) is 29.1 Å². The molecule has 118 valence electrons. The lowest BCUT2D eigenvalue weighted by atomic mass is 10.1. The Hall–Kier alpha value is -1.95. The van der Waals surface area contributed by atoms with Crippen LogP contribution in [0.5, 0.6) is 17.2 Å². The quantitative estimate of drug-likeness (QED) is 0.751. The highest BCUT2D eigenvalue weighted by Gasteiger charge is 2.20. The van der Waals surface area contributed by atoms with Crippen LogP contribution < -0.4 is 14.8 Å². The lowest BCUT2D eigenvalue weighted by Gasteiger charge is -2.27. The monoisotopic (exact) mass is 296 g/mol. The van der Waals surface area contributed by atoms with Crippen LogP contribution in [0.3, 0.4) is 0 Å². The Bertz CT molecular complexity index is 487. The Morgan fingerprint density at radius 2 is 1.90 bits per heavy atom. The van der Waals surface area contributed by atoms with E-state index in [0.29, 0.717) is 5.75 Å². The third-order valence-corrected chi connectivity index (χ3v) is 3.45. The molecule has 1 amide bonds. The van der Waals surface area contributed by atoms with Gasteiger partial charge in [-0.05, 0) is 26.1 Å². The summed E-state index contributed by atoms with van der Waals surface area (Å²) in [6.45, 7) is 7.60. The van der Waals surface area contributed by atoms with Crippen molar-refractivity contribution < 1.29 is 19.4 Å². The van der Waals surface area contributed by atoms with Crippen LogP contribution in [0.1, 0.15) is 31.1 Å². The standard InChI is InChI=1S/C15H24N2O4/c1-6-17(7-2)10(3)16-15(19)12-8-11(20-4)9-13(21-5)14(12)18/h8-10,18H,6-7H2,1-5H3,(H,16,19). The molecule has 6 nitrogen and oxygen atoms in total. The number of hydrogen-bond acceptors (Lipinski definition) is 5. The minimum atomic E-state index is -0.371. The Balaban J connectivity index is 3.01. The Morgan fingerprint density at radius 1 is 1.29 bits per heavy atom. The van der Waals surface area contributed by atoms with Crippen molar-refractivity contribution in [3.05, 3.63) is 17.7 Å². The van der Waals surface area contributed by atoms with Gasteiger partial charge in [-0.1, -0.05) is 13.8 Å². The van der Waals surface area contributed by atoms with E-state index in [4.69, 9.17) is 9.47 Å². The molecule has 1 atom stereocenters. The maximum absolute atomic E-state index is 12.3. The summed E-state index contributed by atoms with van der Waals surface area (Å²) in [5.74, 6) is 0.0898. The zero-order valence-corrected chi connectivity index (χ0v) is 13.3. The fourth-order valence-corrected chi connectivity index (χ4v) is 2.16. The second-order valence-corrected chi connectivity index (χ2v) is 4.60. The van der Waals surface area contributed by atoms with Crippen LogP contribution in [-0.4, -0.2) is 49.4 Å². The van der Waals surface area contributed by atoms with Crippen molar-refractivity contribution >= 4 is 5.91 Å². The number of ether oxygens (including phenoxy) is 2. The molecule has 0 aromatic heterocycles. The Morgan fingerprint density at radius 3 is 2.38 bits per heavy atom. The van der Waals surface area contributed by atoms with Gasteiger partial charge in [0.2, 0.25) is 0 Å². The summed E-state index contributed by atoms with van der Waals surface area (Å²) in [4.78, 5) is 14.4. The van der Waals surface area contributed by atoms with Gasteiger partial charge in [0.15, 0.2) is 11.5 Å². The first-order valence-corrected chi connectivity index (χ1v) is 6.98. The van der Waals surface area contributed by atoms with Crippen molar-refractivity contribution in [2.45, 2.75) is 26.9 Å². The van der Waals surface area contributed by atoms with Gasteiger partial charge < -0.3 is 19.9 Å². The van der Waals surface area contributed by atoms with E-state index in [1.807, 2.05) is 20.8 Å². The third-order valence-electron chi connectivity index (χ3n) is 3.45. The average molecular weight is 296 g/mol. The molecule has 0 fully saturated rings. The van der Waals surface area contributed by atoms with Crippen LogP contribution in [0, 0.1) is 0 Å². The van der Waals surface area contributed by atoms with Crippen molar-refractivity contribution in [1.29, 1.82) is 0 Å². The molecule has 0 bridgehead atoms. The van der Waals surface area contributed by atoms with Crippen LogP contribution in [0.15, 0.2) is 12.1 Å². The van der Waals surface area contributed by atoms with Crippen molar-refractivity contribution in [1.82, 2.24) is 10.2 Å². The summed E-state index contributed by atoms with van der Waals surface area (Å²) >= 11 is 0. The van der Waals surface area contributed by atoms with E-state index in [2.05, 4.69) is 10.2 Å². The second kappa shape index (κ2) is 7.73. The van der Waals surface area contributed by atoms with Crippen LogP contribution in [-0.2, 0) is 0 Å². The average Bonchev–Trinajstić information content (AvgIpc) is 2.48. The first-order valence-electron chi connectivity index (χ1n) is 6.98. The lowest BCUT2D eigenvalue weighted by molar-refractivity contribution is 0.0871. The molecule has 0 radical (unpaired) electrons. The van der Waals surface area contributed by atoms with Crippen LogP contribution >= 0.6 is 0 Å². The molecule has 1 aromatic rings. The number of aromatic hydroxyl groups is 1. The summed E-state index contributed by atoms with van der Waals surface area (Å²) in [6, 6.07) is 3.02. The van der Waals surface area contributed by atoms with Crippen LogP contribution in [0.25, 0.3) is 0 Å². The number of carbonyl (C=O) groups is 1. The van der Waals surface area contributed by atoms with E-state index in [1.54, 1.807) is 0 Å². The molecule has 0 aliphatic rings. The summed E-state index contributed by atoms with van der Waals surface area (Å²) in [7, 11) is 2.92. The molecule has 0 saturated heterocycles. The molecule has 0 aliphatic carbocycles. The molecule has 6 heteroatoms. The number of hydrogen-bond donors (Lipinski definition) is 2. The van der Waals surface area contributed by atoms with Crippen molar-refractivity contribution in [2.75, 3.05) is 27.3 Å². The summed E-state index contributed by atoms with van der Waals surface area (Å²) < 4.78 is 10.2. The minimum absolute atomic E-state index is 0.130. The van der Waals surface area contributed by atoms with Gasteiger partial charge >= 0.3 is 0 Å². The van der Waals surface area contributed by atoms with Crippen molar-refractivity contribution in [3.8, 4) is 17.2 Å². The van der Waals surface area contributed by atoms with Gasteiger partial charge in [0, 0.05) is 6.07 Å². The molecular weight excluding hydrogens is 272 g/mol. The van der Waals surface area contributed by atoms with E-state index < -0.39 is 0 Å². The van der Waals surface area contributed by atoms with E-state index in [9.17, 15) is 9.90 Å². The van der Waals surface area contributed by atoms with Gasteiger partial charge in [-0.2, -0.15) is 0 Å². The first kappa shape index (κ1) is 17.1. The number of amides is 1. The zero-order valence-electron chi connectivity index (χ0n) is 13.3. The van der Waals surface area contributed by atoms with Crippen molar-refractivity contribution in [2.24, 2.45) is 0 Å². The van der Waals surface area contributed by atoms with Gasteiger partial charge in [-0.3, -0.25) is 9.69 Å². The maximum atomic E-state index is 12.3. The van der Waals surface area contributed by atoms with E-state index in [0.717, 1.165) is 13.1 Å². The van der Waals surface area contributed by atoms with Gasteiger partial charge in [0.05, 0.1) is 25.9 Å². The largest absolute Gasteiger partial charge is 0.504 e. The van der Waals surface area contributed by atoms with Crippen molar-refractivity contribution in [3.63, 3.8) is 0 Å². The van der Waals surface area contributed by atoms with Gasteiger partial charge in [-0.15, -0.1) is 0 Å². The number of methoxy groups -OCH3 is 2. The number of phenolic OH excluding ortho intramolecular Hbond substituents is 1. The SMILES string of the molecule is CCN(CC)C(C)NC(=O)c1cc(OC)cc(OC)c1O. The third kappa shape index (κ3) is 4.01. The highest BCUT2D eigenvalue weighted by molar-refractivity contribution is 5.98. The smallest absolute Gasteiger partial charge is 0.256 e. The van der Waals surface area contributed by atoms with Gasteiger partial charge in [-0.25, -0.2) is 0 Å². The normalized spacial score (nSPS) is 12.1. The van der Waals surface area contributed by atoms with E-state index in [1.165, 1.54) is 26.4 Å². The molecule has 0 spiro atoms. The topological polar surface area (TPSA) is 71.0 Å². The molecule has 0 heterocycles. The molecule has 2 N–H and O–H groups in total. The highest BCUT2D eigenvalue weighted by Crippen LogP contribution is 2.34. The molecule has 1 unspecified atom stereocenters. The number of benzene rings is 1. The molecule has 21 heavy (non-hydrogen) atoms. The number of nitrogens with zero attached hydrogens (tertiary/aromatic N) is 1. The summed E-state index contributed by atoms with van der Waals surface area (Å²) in [5.41, 5.74) is 0.130. The number of rotatable bonds is 7. The van der Waals surface area contributed by atoms with Gasteiger partial charge in [0.1, 0.15) is 5.75 Å². The summed E-state index contributed by atoms with van der Waals surface area (Å²) in [5, 5.41) is 12.9. The zero-order chi connectivity index (χ0) is 16.0. The Labute approximate surface area is 125 Å². The Kier molecular flexibility index (Phi) is 6.30. The maximum Gasteiger partial charge on any atom is 0.256 e. The number of nitrogens with one attached hydrogen (secondary N) is 1. The molecule has 0 saturated carbocycles. The first-order chi connectivity index (χ1) is 9.98. The second-order valence-electron chi connectivity index (χ2n) is 4.60. The molecule has 1 aromatic carbocycles.